The molecule has 1 saturated heterocycles. The fraction of sp³-hybridized carbons (Fsp3) is 0.500. The van der Waals surface area contributed by atoms with E-state index in [1.54, 1.807) is 22.2 Å². The van der Waals surface area contributed by atoms with Crippen molar-refractivity contribution in [3.63, 3.8) is 0 Å². The van der Waals surface area contributed by atoms with E-state index in [0.717, 1.165) is 67.8 Å². The van der Waals surface area contributed by atoms with Crippen LogP contribution in [0.1, 0.15) is 40.8 Å². The van der Waals surface area contributed by atoms with Crippen LogP contribution in [-0.2, 0) is 37.3 Å². The summed E-state index contributed by atoms with van der Waals surface area (Å²) in [6.07, 6.45) is 6.20. The number of rotatable bonds is 7. The zero-order chi connectivity index (χ0) is 23.5. The highest BCUT2D eigenvalue weighted by atomic mass is 32.1. The fourth-order valence-electron chi connectivity index (χ4n) is 4.95. The molecule has 180 valence electrons. The van der Waals surface area contributed by atoms with Crippen LogP contribution in [0.2, 0.25) is 0 Å². The highest BCUT2D eigenvalue weighted by Gasteiger charge is 2.20. The molecule has 3 heterocycles. The summed E-state index contributed by atoms with van der Waals surface area (Å²) in [7, 11) is 2.17. The highest BCUT2D eigenvalue weighted by molar-refractivity contribution is 7.18. The molecule has 8 heteroatoms. The van der Waals surface area contributed by atoms with Crippen molar-refractivity contribution >= 4 is 27.5 Å². The number of benzene rings is 1. The van der Waals surface area contributed by atoms with E-state index in [2.05, 4.69) is 51.4 Å². The topological polar surface area (TPSA) is 70.5 Å². The second-order valence-electron chi connectivity index (χ2n) is 9.56. The molecule has 0 atom stereocenters. The third-order valence-corrected chi connectivity index (χ3v) is 8.20. The van der Waals surface area contributed by atoms with Crippen molar-refractivity contribution in [1.29, 1.82) is 0 Å². The van der Waals surface area contributed by atoms with Gasteiger partial charge >= 0.3 is 0 Å². The van der Waals surface area contributed by atoms with Gasteiger partial charge in [0.1, 0.15) is 4.83 Å². The maximum Gasteiger partial charge on any atom is 0.262 e. The molecule has 5 rings (SSSR count). The van der Waals surface area contributed by atoms with E-state index in [1.807, 2.05) is 0 Å². The van der Waals surface area contributed by atoms with E-state index in [1.165, 1.54) is 22.4 Å². The number of nitrogens with one attached hydrogen (secondary N) is 1. The van der Waals surface area contributed by atoms with Gasteiger partial charge < -0.3 is 10.2 Å². The summed E-state index contributed by atoms with van der Waals surface area (Å²) < 4.78 is 1.60. The summed E-state index contributed by atoms with van der Waals surface area (Å²) in [6.45, 7) is 6.19. The van der Waals surface area contributed by atoms with Crippen LogP contribution in [-0.4, -0.2) is 58.5 Å². The first-order valence-corrected chi connectivity index (χ1v) is 13.1. The molecule has 1 fully saturated rings. The molecule has 3 aromatic rings. The Morgan fingerprint density at radius 2 is 1.91 bits per heavy atom. The van der Waals surface area contributed by atoms with Gasteiger partial charge in [0.2, 0.25) is 5.91 Å². The smallest absolute Gasteiger partial charge is 0.262 e. The summed E-state index contributed by atoms with van der Waals surface area (Å²) in [5.41, 5.74) is 3.57. The van der Waals surface area contributed by atoms with Gasteiger partial charge in [-0.2, -0.15) is 0 Å². The number of amides is 1. The molecule has 7 nitrogen and oxygen atoms in total. The Morgan fingerprint density at radius 3 is 2.76 bits per heavy atom. The lowest BCUT2D eigenvalue weighted by Crippen LogP contribution is -2.43. The van der Waals surface area contributed by atoms with Gasteiger partial charge in [-0.3, -0.25) is 19.1 Å². The third kappa shape index (κ3) is 5.24. The Balaban J connectivity index is 1.15. The number of carbonyl (C=O) groups excluding carboxylic acids is 1. The van der Waals surface area contributed by atoms with Gasteiger partial charge in [-0.05, 0) is 49.4 Å². The lowest BCUT2D eigenvalue weighted by molar-refractivity contribution is -0.121. The van der Waals surface area contributed by atoms with Gasteiger partial charge in [-0.1, -0.05) is 24.3 Å². The largest absolute Gasteiger partial charge is 0.352 e. The van der Waals surface area contributed by atoms with E-state index in [-0.39, 0.29) is 17.9 Å². The van der Waals surface area contributed by atoms with Crippen molar-refractivity contribution in [1.82, 2.24) is 24.7 Å². The number of aromatic nitrogens is 2. The Labute approximate surface area is 204 Å². The van der Waals surface area contributed by atoms with E-state index in [9.17, 15) is 9.59 Å². The van der Waals surface area contributed by atoms with Crippen LogP contribution in [0.5, 0.6) is 0 Å². The SMILES string of the molecule is CN1CCN(Cc2cccc(CNC(=O)CCn3cnc4sc5c(c4c3=O)CCCC5)c2)CC1. The average Bonchev–Trinajstić information content (AvgIpc) is 3.23. The van der Waals surface area contributed by atoms with Crippen molar-refractivity contribution in [3.8, 4) is 0 Å². The Kier molecular flexibility index (Phi) is 7.08. The summed E-state index contributed by atoms with van der Waals surface area (Å²) in [4.78, 5) is 37.1. The van der Waals surface area contributed by atoms with Crippen LogP contribution in [0, 0.1) is 0 Å². The number of hydrogen-bond acceptors (Lipinski definition) is 6. The summed E-state index contributed by atoms with van der Waals surface area (Å²) in [5, 5.41) is 3.79. The zero-order valence-electron chi connectivity index (χ0n) is 19.9. The zero-order valence-corrected chi connectivity index (χ0v) is 20.7. The number of piperazine rings is 1. The minimum absolute atomic E-state index is 0.00573. The molecule has 2 aromatic heterocycles. The molecule has 1 aliphatic carbocycles. The molecule has 2 aliphatic rings. The second kappa shape index (κ2) is 10.4. The first kappa shape index (κ1) is 23.2. The van der Waals surface area contributed by atoms with Gasteiger partial charge in [0.05, 0.1) is 11.7 Å². The Hall–Kier alpha value is -2.55. The van der Waals surface area contributed by atoms with Crippen molar-refractivity contribution in [3.05, 3.63) is 62.5 Å². The summed E-state index contributed by atoms with van der Waals surface area (Å²) in [6, 6.07) is 8.45. The Morgan fingerprint density at radius 1 is 1.12 bits per heavy atom. The first-order chi connectivity index (χ1) is 16.6. The van der Waals surface area contributed by atoms with Crippen LogP contribution < -0.4 is 10.9 Å². The van der Waals surface area contributed by atoms with Crippen molar-refractivity contribution < 1.29 is 4.79 Å². The number of likely N-dealkylation sites (N-methyl/N-ethyl adjacent to an activating group) is 1. The molecular weight excluding hydrogens is 446 g/mol. The van der Waals surface area contributed by atoms with E-state index in [4.69, 9.17) is 0 Å². The van der Waals surface area contributed by atoms with E-state index >= 15 is 0 Å². The van der Waals surface area contributed by atoms with Crippen LogP contribution >= 0.6 is 11.3 Å². The highest BCUT2D eigenvalue weighted by Crippen LogP contribution is 2.33. The van der Waals surface area contributed by atoms with E-state index in [0.29, 0.717) is 13.1 Å². The number of thiophene rings is 1. The number of nitrogens with zero attached hydrogens (tertiary/aromatic N) is 4. The van der Waals surface area contributed by atoms with Crippen LogP contribution in [0.4, 0.5) is 0 Å². The lowest BCUT2D eigenvalue weighted by Gasteiger charge is -2.32. The molecule has 0 unspecified atom stereocenters. The van der Waals surface area contributed by atoms with Gasteiger partial charge in [-0.25, -0.2) is 4.98 Å². The third-order valence-electron chi connectivity index (χ3n) is 7.00. The Bertz CT molecular complexity index is 1230. The van der Waals surface area contributed by atoms with Crippen LogP contribution in [0.3, 0.4) is 0 Å². The normalized spacial score (nSPS) is 17.1. The molecule has 1 aliphatic heterocycles. The molecule has 1 amide bonds. The molecule has 0 radical (unpaired) electrons. The average molecular weight is 480 g/mol. The van der Waals surface area contributed by atoms with Gasteiger partial charge in [0.25, 0.3) is 5.56 Å². The number of carbonyl (C=O) groups is 1. The minimum Gasteiger partial charge on any atom is -0.352 e. The number of hydrogen-bond donors (Lipinski definition) is 1. The van der Waals surface area contributed by atoms with Crippen LogP contribution in [0.15, 0.2) is 35.4 Å². The predicted octanol–water partition coefficient (Wildman–Crippen LogP) is 2.79. The van der Waals surface area contributed by atoms with Gasteiger partial charge in [-0.15, -0.1) is 11.3 Å². The first-order valence-electron chi connectivity index (χ1n) is 12.3. The maximum absolute atomic E-state index is 13.1. The number of aryl methyl sites for hydroxylation is 3. The maximum atomic E-state index is 13.1. The fourth-order valence-corrected chi connectivity index (χ4v) is 6.17. The van der Waals surface area contributed by atoms with Gasteiger partial charge in [0, 0.05) is 57.1 Å². The molecule has 0 saturated carbocycles. The molecule has 0 bridgehead atoms. The number of fused-ring (bicyclic) bond motifs is 3. The van der Waals surface area contributed by atoms with Crippen molar-refractivity contribution in [2.45, 2.75) is 51.7 Å². The molecule has 1 aromatic carbocycles. The molecule has 0 spiro atoms. The van der Waals surface area contributed by atoms with E-state index < -0.39 is 0 Å². The molecule has 1 N–H and O–H groups in total. The minimum atomic E-state index is -0.0520. The standard InChI is InChI=1S/C26H33N5O2S/c1-29-11-13-30(14-12-29)17-20-6-4-5-19(15-20)16-27-23(32)9-10-31-18-28-25-24(26(31)33)21-7-2-3-8-22(21)34-25/h4-6,15,18H,2-3,7-14,16-17H2,1H3,(H,27,32). The monoisotopic (exact) mass is 479 g/mol. The second-order valence-corrected chi connectivity index (χ2v) is 10.6. The molecule has 34 heavy (non-hydrogen) atoms. The predicted molar refractivity (Wildman–Crippen MR) is 136 cm³/mol. The quantitative estimate of drug-likeness (QED) is 0.564. The summed E-state index contributed by atoms with van der Waals surface area (Å²) in [5.74, 6) is -0.0520. The molecular formula is C26H33N5O2S. The van der Waals surface area contributed by atoms with Crippen molar-refractivity contribution in [2.75, 3.05) is 33.2 Å². The van der Waals surface area contributed by atoms with Crippen molar-refractivity contribution in [2.24, 2.45) is 0 Å². The van der Waals surface area contributed by atoms with Crippen LogP contribution in [0.25, 0.3) is 10.2 Å². The van der Waals surface area contributed by atoms with Gasteiger partial charge in [0.15, 0.2) is 0 Å². The lowest BCUT2D eigenvalue weighted by atomic mass is 9.97. The summed E-state index contributed by atoms with van der Waals surface area (Å²) >= 11 is 1.66.